The van der Waals surface area contributed by atoms with Gasteiger partial charge in [-0.05, 0) is 53.5 Å². The van der Waals surface area contributed by atoms with Crippen LogP contribution in [0, 0.1) is 43.9 Å². The molecule has 2 fully saturated rings. The van der Waals surface area contributed by atoms with Crippen LogP contribution in [0.5, 0.6) is 0 Å². The van der Waals surface area contributed by atoms with Gasteiger partial charge in [-0.2, -0.15) is 6.92 Å². The van der Waals surface area contributed by atoms with E-state index in [2.05, 4.69) is 75.5 Å². The molecule has 0 aromatic carbocycles. The SMILES string of the molecule is C.CC1CC2C=CC=CC2C1[Si](C)(C)C1CCC2C=CC=CC21.[CH2-]C.[CH3-].[Cl][Zr+2][Cl]. The summed E-state index contributed by atoms with van der Waals surface area (Å²) in [5, 5.41) is 0. The molecule has 0 N–H and O–H groups in total. The van der Waals surface area contributed by atoms with E-state index in [0.717, 1.165) is 40.7 Å². The Morgan fingerprint density at radius 3 is 1.93 bits per heavy atom. The standard InChI is InChI=1S/C21H30Si.C2H5.CH4.CH3.2ClH.Zr/c1-15-14-17-9-5-7-11-19(17)21(15)22(2,3)20-13-12-16-8-4-6-10-18(16)20;1-2;;;;;/h4-11,15-21H,12-14H2,1-3H3;1H2,2H3;1H4;1H3;2*1H;/q;-1;;-1;;;+4/p-2. The number of hydrogen-bond acceptors (Lipinski definition) is 0. The number of allylic oxidation sites excluding steroid dienone is 8. The zero-order valence-corrected chi connectivity index (χ0v) is 23.2. The molecule has 0 spiro atoms. The molecule has 7 atom stereocenters. The first-order valence-corrected chi connectivity index (χ1v) is 19.9. The van der Waals surface area contributed by atoms with Gasteiger partial charge in [0.05, 0.1) is 8.07 Å². The molecule has 0 aromatic rings. The van der Waals surface area contributed by atoms with E-state index in [0.29, 0.717) is 0 Å². The number of rotatable bonds is 2. The van der Waals surface area contributed by atoms with Gasteiger partial charge in [-0.15, -0.1) is 0 Å². The van der Waals surface area contributed by atoms with E-state index in [1.807, 2.05) is 0 Å². The molecule has 4 rings (SSSR count). The second-order valence-corrected chi connectivity index (χ2v) is 17.6. The summed E-state index contributed by atoms with van der Waals surface area (Å²) >= 11 is -0.826. The summed E-state index contributed by atoms with van der Waals surface area (Å²) in [5.41, 5.74) is 1.96. The average Bonchev–Trinajstić information content (AvgIpc) is 3.24. The minimum absolute atomic E-state index is 0. The summed E-state index contributed by atoms with van der Waals surface area (Å²) in [5.74, 6) is 4.27. The number of hydrogen-bond donors (Lipinski definition) is 0. The van der Waals surface area contributed by atoms with Gasteiger partial charge in [-0.1, -0.05) is 82.5 Å². The van der Waals surface area contributed by atoms with Crippen molar-refractivity contribution in [1.29, 1.82) is 0 Å². The molecule has 0 amide bonds. The van der Waals surface area contributed by atoms with Gasteiger partial charge in [0.2, 0.25) is 0 Å². The van der Waals surface area contributed by atoms with Crippen molar-refractivity contribution < 1.29 is 20.8 Å². The predicted octanol–water partition coefficient (Wildman–Crippen LogP) is 9.29. The van der Waals surface area contributed by atoms with E-state index < -0.39 is 28.9 Å². The first kappa shape index (κ1) is 29.6. The molecule has 0 aliphatic heterocycles. The van der Waals surface area contributed by atoms with Crippen molar-refractivity contribution in [2.75, 3.05) is 0 Å². The minimum atomic E-state index is -1.29. The molecule has 29 heavy (non-hydrogen) atoms. The molecular weight excluding hydrogens is 490 g/mol. The molecular formula is C25H42Cl2SiZr. The normalized spacial score (nSPS) is 35.5. The predicted molar refractivity (Wildman–Crippen MR) is 134 cm³/mol. The number of fused-ring (bicyclic) bond motifs is 2. The monoisotopic (exact) mass is 530 g/mol. The molecule has 0 aromatic heterocycles. The first-order chi connectivity index (χ1) is 13.0. The van der Waals surface area contributed by atoms with Gasteiger partial charge < -0.3 is 14.4 Å². The quantitative estimate of drug-likeness (QED) is 0.245. The van der Waals surface area contributed by atoms with Crippen LogP contribution in [0.4, 0.5) is 0 Å². The van der Waals surface area contributed by atoms with Crippen LogP contribution in [0.15, 0.2) is 48.6 Å². The Bertz CT molecular complexity index is 581. The van der Waals surface area contributed by atoms with Crippen LogP contribution in [-0.4, -0.2) is 8.07 Å². The molecule has 0 radical (unpaired) electrons. The third kappa shape index (κ3) is 6.57. The average molecular weight is 533 g/mol. The second-order valence-electron chi connectivity index (χ2n) is 8.84. The van der Waals surface area contributed by atoms with Crippen LogP contribution in [0.25, 0.3) is 0 Å². The van der Waals surface area contributed by atoms with Crippen molar-refractivity contribution >= 4 is 25.1 Å². The van der Waals surface area contributed by atoms with Gasteiger partial charge in [0.1, 0.15) is 0 Å². The Morgan fingerprint density at radius 1 is 0.862 bits per heavy atom. The topological polar surface area (TPSA) is 0 Å². The molecule has 4 aliphatic rings. The second kappa shape index (κ2) is 13.9. The van der Waals surface area contributed by atoms with Crippen LogP contribution in [0.2, 0.25) is 24.2 Å². The third-order valence-corrected chi connectivity index (χ3v) is 12.6. The van der Waals surface area contributed by atoms with E-state index in [-0.39, 0.29) is 14.9 Å². The van der Waals surface area contributed by atoms with Crippen LogP contribution >= 0.6 is 17.0 Å². The number of halogens is 2. The molecule has 2 saturated carbocycles. The van der Waals surface area contributed by atoms with E-state index in [4.69, 9.17) is 17.0 Å². The zero-order valence-electron chi connectivity index (χ0n) is 18.2. The van der Waals surface area contributed by atoms with Gasteiger partial charge in [0.15, 0.2) is 0 Å². The zero-order chi connectivity index (χ0) is 20.0. The summed E-state index contributed by atoms with van der Waals surface area (Å²) in [7, 11) is 8.58. The van der Waals surface area contributed by atoms with Crippen molar-refractivity contribution in [2.24, 2.45) is 29.6 Å². The fourth-order valence-electron chi connectivity index (χ4n) is 6.55. The van der Waals surface area contributed by atoms with E-state index in [1.54, 1.807) is 6.92 Å². The van der Waals surface area contributed by atoms with Crippen LogP contribution < -0.4 is 0 Å². The summed E-state index contributed by atoms with van der Waals surface area (Å²) in [6, 6.07) is 0. The molecule has 0 nitrogen and oxygen atoms in total. The molecule has 0 saturated heterocycles. The van der Waals surface area contributed by atoms with Gasteiger partial charge in [-0.25, -0.2) is 0 Å². The molecule has 0 bridgehead atoms. The maximum absolute atomic E-state index is 4.93. The van der Waals surface area contributed by atoms with Crippen LogP contribution in [-0.2, 0) is 20.8 Å². The summed E-state index contributed by atoms with van der Waals surface area (Å²) in [4.78, 5) is 0. The first-order valence-electron chi connectivity index (χ1n) is 10.4. The van der Waals surface area contributed by atoms with E-state index >= 15 is 0 Å². The fourth-order valence-corrected chi connectivity index (χ4v) is 12.3. The van der Waals surface area contributed by atoms with Crippen molar-refractivity contribution in [3.8, 4) is 0 Å². The Labute approximate surface area is 202 Å². The molecule has 0 heterocycles. The Balaban J connectivity index is 0.00000103. The van der Waals surface area contributed by atoms with Crippen molar-refractivity contribution in [2.45, 2.75) is 64.7 Å². The van der Waals surface area contributed by atoms with Gasteiger partial charge >= 0.3 is 37.9 Å². The van der Waals surface area contributed by atoms with Crippen molar-refractivity contribution in [1.82, 2.24) is 0 Å². The molecule has 164 valence electrons. The molecule has 4 heteroatoms. The molecule has 7 unspecified atom stereocenters. The Kier molecular flexibility index (Phi) is 14.2. The van der Waals surface area contributed by atoms with Gasteiger partial charge in [0.25, 0.3) is 0 Å². The van der Waals surface area contributed by atoms with Crippen LogP contribution in [0.3, 0.4) is 0 Å². The third-order valence-electron chi connectivity index (χ3n) is 7.36. The summed E-state index contributed by atoms with van der Waals surface area (Å²) in [6.45, 7) is 13.0. The Hall–Kier alpha value is 0.640. The summed E-state index contributed by atoms with van der Waals surface area (Å²) in [6.07, 6.45) is 23.6. The fraction of sp³-hybridized carbons (Fsp3) is 0.600. The Morgan fingerprint density at radius 2 is 1.34 bits per heavy atom. The van der Waals surface area contributed by atoms with E-state index in [9.17, 15) is 0 Å². The van der Waals surface area contributed by atoms with Crippen LogP contribution in [0.1, 0.15) is 40.5 Å². The maximum atomic E-state index is 4.93. The van der Waals surface area contributed by atoms with Gasteiger partial charge in [-0.3, -0.25) is 0 Å². The van der Waals surface area contributed by atoms with Crippen molar-refractivity contribution in [3.05, 3.63) is 63.0 Å². The summed E-state index contributed by atoms with van der Waals surface area (Å²) < 4.78 is 0. The van der Waals surface area contributed by atoms with Gasteiger partial charge in [0, 0.05) is 0 Å². The van der Waals surface area contributed by atoms with E-state index in [1.165, 1.54) is 19.3 Å². The van der Waals surface area contributed by atoms with Crippen molar-refractivity contribution in [3.63, 3.8) is 0 Å². The molecule has 4 aliphatic carbocycles.